The van der Waals surface area contributed by atoms with Crippen LogP contribution >= 0.6 is 11.3 Å². The molecule has 1 aliphatic heterocycles. The molecule has 0 bridgehead atoms. The highest BCUT2D eigenvalue weighted by molar-refractivity contribution is 7.19. The molecule has 3 aromatic heterocycles. The minimum Gasteiger partial charge on any atom is -0.495 e. The summed E-state index contributed by atoms with van der Waals surface area (Å²) in [4.78, 5) is 28.0. The van der Waals surface area contributed by atoms with Crippen LogP contribution in [0.1, 0.15) is 36.6 Å². The summed E-state index contributed by atoms with van der Waals surface area (Å²) >= 11 is 1.64. The first-order chi connectivity index (χ1) is 21.5. The van der Waals surface area contributed by atoms with Crippen LogP contribution < -0.4 is 15.8 Å². The second-order valence-electron chi connectivity index (χ2n) is 11.9. The van der Waals surface area contributed by atoms with E-state index in [1.54, 1.807) is 18.4 Å². The minimum atomic E-state index is -0.0952. The third-order valence-electron chi connectivity index (χ3n) is 9.14. The monoisotopic (exact) mass is 610 g/mol. The summed E-state index contributed by atoms with van der Waals surface area (Å²) in [6, 6.07) is 16.8. The Morgan fingerprint density at radius 3 is 2.57 bits per heavy atom. The van der Waals surface area contributed by atoms with Gasteiger partial charge in [-0.1, -0.05) is 24.3 Å². The van der Waals surface area contributed by atoms with Crippen molar-refractivity contribution in [1.29, 1.82) is 0 Å². The van der Waals surface area contributed by atoms with Crippen molar-refractivity contribution in [2.45, 2.75) is 44.2 Å². The molecule has 10 nitrogen and oxygen atoms in total. The van der Waals surface area contributed by atoms with E-state index in [2.05, 4.69) is 55.0 Å². The first-order valence-electron chi connectivity index (χ1n) is 15.3. The zero-order chi connectivity index (χ0) is 30.2. The molecule has 7 rings (SSSR count). The summed E-state index contributed by atoms with van der Waals surface area (Å²) in [6.07, 6.45) is 6.21. The fraction of sp³-hybridized carbons (Fsp3) is 0.394. The normalized spacial score (nSPS) is 19.9. The van der Waals surface area contributed by atoms with E-state index in [0.717, 1.165) is 84.4 Å². The topological polar surface area (TPSA) is 114 Å². The largest absolute Gasteiger partial charge is 0.495 e. The van der Waals surface area contributed by atoms with Crippen molar-refractivity contribution in [3.05, 3.63) is 59.7 Å². The number of nitrogens with one attached hydrogen (secondary N) is 1. The number of hydrogen-bond acceptors (Lipinski definition) is 9. The van der Waals surface area contributed by atoms with Gasteiger partial charge in [0, 0.05) is 47.4 Å². The lowest BCUT2D eigenvalue weighted by atomic mass is 9.90. The van der Waals surface area contributed by atoms with Crippen molar-refractivity contribution in [2.24, 2.45) is 0 Å². The number of carbonyl (C=O) groups is 1. The Hall–Kier alpha value is -4.06. The average molecular weight is 611 g/mol. The molecule has 1 saturated carbocycles. The molecular weight excluding hydrogens is 572 g/mol. The zero-order valence-corrected chi connectivity index (χ0v) is 26.0. The number of nitrogen functional groups attached to an aromatic ring is 1. The van der Waals surface area contributed by atoms with Gasteiger partial charge in [-0.15, -0.1) is 11.3 Å². The van der Waals surface area contributed by atoms with E-state index in [4.69, 9.17) is 15.6 Å². The van der Waals surface area contributed by atoms with E-state index < -0.39 is 0 Å². The molecule has 5 aromatic rings. The number of rotatable bonds is 7. The van der Waals surface area contributed by atoms with Crippen LogP contribution in [-0.2, 0) is 11.2 Å². The number of likely N-dealkylation sites (N-methyl/N-ethyl adjacent to an activating group) is 1. The van der Waals surface area contributed by atoms with E-state index >= 15 is 0 Å². The molecule has 0 radical (unpaired) electrons. The molecule has 3 N–H and O–H groups in total. The van der Waals surface area contributed by atoms with Crippen molar-refractivity contribution in [3.63, 3.8) is 0 Å². The number of piperazine rings is 1. The Morgan fingerprint density at radius 2 is 1.80 bits per heavy atom. The van der Waals surface area contributed by atoms with Gasteiger partial charge in [0.05, 0.1) is 30.6 Å². The fourth-order valence-electron chi connectivity index (χ4n) is 6.73. The SMILES string of the molecule is COc1cc(-c2nn(C3CCC(N4CCN(C)CC4)CC3)c3ncnc(N)c23)ccc1NC(=O)Cc1cc2ccccc2s1. The lowest BCUT2D eigenvalue weighted by molar-refractivity contribution is -0.115. The second kappa shape index (κ2) is 12.1. The fourth-order valence-corrected chi connectivity index (χ4v) is 7.79. The highest BCUT2D eigenvalue weighted by Crippen LogP contribution is 2.39. The van der Waals surface area contributed by atoms with Gasteiger partial charge < -0.3 is 20.7 Å². The molecule has 228 valence electrons. The summed E-state index contributed by atoms with van der Waals surface area (Å²) in [5, 5.41) is 10.0. The van der Waals surface area contributed by atoms with Crippen LogP contribution in [0.2, 0.25) is 0 Å². The van der Waals surface area contributed by atoms with Crippen LogP contribution in [0, 0.1) is 0 Å². The molecule has 1 amide bonds. The number of carbonyl (C=O) groups excluding carboxylic acids is 1. The number of nitrogens with zero attached hydrogens (tertiary/aromatic N) is 6. The Kier molecular flexibility index (Phi) is 7.92. The first-order valence-corrected chi connectivity index (χ1v) is 16.2. The third kappa shape index (κ3) is 5.62. The highest BCUT2D eigenvalue weighted by atomic mass is 32.1. The van der Waals surface area contributed by atoms with Crippen LogP contribution in [0.4, 0.5) is 11.5 Å². The average Bonchev–Trinajstić information content (AvgIpc) is 3.64. The summed E-state index contributed by atoms with van der Waals surface area (Å²) in [5.41, 5.74) is 9.36. The van der Waals surface area contributed by atoms with Crippen molar-refractivity contribution >= 4 is 49.9 Å². The summed E-state index contributed by atoms with van der Waals surface area (Å²) in [5.74, 6) is 0.863. The van der Waals surface area contributed by atoms with Gasteiger partial charge in [0.15, 0.2) is 5.65 Å². The number of amides is 1. The molecule has 1 aliphatic carbocycles. The molecule has 11 heteroatoms. The van der Waals surface area contributed by atoms with Crippen LogP contribution in [0.5, 0.6) is 5.75 Å². The van der Waals surface area contributed by atoms with Gasteiger partial charge in [-0.2, -0.15) is 5.10 Å². The second-order valence-corrected chi connectivity index (χ2v) is 13.1. The molecule has 4 heterocycles. The summed E-state index contributed by atoms with van der Waals surface area (Å²) in [6.45, 7) is 4.57. The smallest absolute Gasteiger partial charge is 0.229 e. The maximum absolute atomic E-state index is 13.0. The van der Waals surface area contributed by atoms with E-state index in [0.29, 0.717) is 29.7 Å². The summed E-state index contributed by atoms with van der Waals surface area (Å²) in [7, 11) is 3.81. The minimum absolute atomic E-state index is 0.0952. The molecule has 2 aromatic carbocycles. The number of thiophene rings is 1. The standard InChI is InChI=1S/C33H38N8O2S/c1-39-13-15-40(16-14-39)23-8-10-24(11-9-23)41-33-30(32(34)35-20-36-33)31(38-41)22-7-12-26(27(18-22)43-2)37-29(42)19-25-17-21-5-3-4-6-28(21)44-25/h3-7,12,17-18,20,23-24H,8-11,13-16,19H2,1-2H3,(H,37,42)(H2,34,35,36). The highest BCUT2D eigenvalue weighted by Gasteiger charge is 2.31. The lowest BCUT2D eigenvalue weighted by Gasteiger charge is -2.41. The Morgan fingerprint density at radius 1 is 1.02 bits per heavy atom. The van der Waals surface area contributed by atoms with Gasteiger partial charge in [0.1, 0.15) is 23.6 Å². The molecular formula is C33H38N8O2S. The van der Waals surface area contributed by atoms with Crippen molar-refractivity contribution in [2.75, 3.05) is 51.4 Å². The van der Waals surface area contributed by atoms with Crippen molar-refractivity contribution in [1.82, 2.24) is 29.5 Å². The number of anilines is 2. The van der Waals surface area contributed by atoms with E-state index in [1.165, 1.54) is 11.0 Å². The number of benzene rings is 2. The molecule has 2 fully saturated rings. The van der Waals surface area contributed by atoms with Gasteiger partial charge in [-0.3, -0.25) is 9.69 Å². The third-order valence-corrected chi connectivity index (χ3v) is 10.3. The Labute approximate surface area is 260 Å². The number of nitrogens with two attached hydrogens (primary N) is 1. The van der Waals surface area contributed by atoms with E-state index in [1.807, 2.05) is 30.3 Å². The number of hydrogen-bond donors (Lipinski definition) is 2. The molecule has 0 spiro atoms. The lowest BCUT2D eigenvalue weighted by Crippen LogP contribution is -2.49. The van der Waals surface area contributed by atoms with E-state index in [-0.39, 0.29) is 11.9 Å². The molecule has 2 aliphatic rings. The molecule has 1 saturated heterocycles. The van der Waals surface area contributed by atoms with Gasteiger partial charge in [0.25, 0.3) is 0 Å². The van der Waals surface area contributed by atoms with Crippen LogP contribution in [0.15, 0.2) is 54.9 Å². The van der Waals surface area contributed by atoms with Gasteiger partial charge in [-0.25, -0.2) is 14.6 Å². The zero-order valence-electron chi connectivity index (χ0n) is 25.2. The van der Waals surface area contributed by atoms with Gasteiger partial charge in [0.2, 0.25) is 5.91 Å². The molecule has 0 atom stereocenters. The number of aromatic nitrogens is 4. The summed E-state index contributed by atoms with van der Waals surface area (Å²) < 4.78 is 8.97. The van der Waals surface area contributed by atoms with Crippen molar-refractivity contribution < 1.29 is 9.53 Å². The van der Waals surface area contributed by atoms with Gasteiger partial charge in [-0.05, 0) is 62.4 Å². The predicted molar refractivity (Wildman–Crippen MR) is 176 cm³/mol. The van der Waals surface area contributed by atoms with Crippen LogP contribution in [0.25, 0.3) is 32.4 Å². The quantitative estimate of drug-likeness (QED) is 0.258. The predicted octanol–water partition coefficient (Wildman–Crippen LogP) is 5.21. The number of ether oxygens (including phenoxy) is 1. The number of fused-ring (bicyclic) bond motifs is 2. The van der Waals surface area contributed by atoms with E-state index in [9.17, 15) is 4.79 Å². The van der Waals surface area contributed by atoms with Crippen molar-refractivity contribution in [3.8, 4) is 17.0 Å². The maximum atomic E-state index is 13.0. The molecule has 0 unspecified atom stereocenters. The van der Waals surface area contributed by atoms with Crippen LogP contribution in [0.3, 0.4) is 0 Å². The van der Waals surface area contributed by atoms with Crippen LogP contribution in [-0.4, -0.2) is 81.8 Å². The maximum Gasteiger partial charge on any atom is 0.229 e. The first kappa shape index (κ1) is 28.7. The number of methoxy groups -OCH3 is 1. The van der Waals surface area contributed by atoms with Gasteiger partial charge >= 0.3 is 0 Å². The Bertz CT molecular complexity index is 1770. The Balaban J connectivity index is 1.11. The molecule has 44 heavy (non-hydrogen) atoms.